The highest BCUT2D eigenvalue weighted by Crippen LogP contribution is 2.22. The molecule has 17 heavy (non-hydrogen) atoms. The van der Waals surface area contributed by atoms with Crippen molar-refractivity contribution in [2.24, 2.45) is 7.05 Å². The average Bonchev–Trinajstić information content (AvgIpc) is 2.65. The van der Waals surface area contributed by atoms with Gasteiger partial charge in [-0.2, -0.15) is 0 Å². The average molecular weight is 341 g/mol. The molecule has 1 aromatic carbocycles. The molecule has 3 nitrogen and oxygen atoms in total. The normalized spacial score (nSPS) is 12.7. The number of benzene rings is 1. The van der Waals surface area contributed by atoms with Gasteiger partial charge in [-0.15, -0.1) is 0 Å². The number of nitrogens with zero attached hydrogens (tertiary/aromatic N) is 2. The molecule has 0 aliphatic rings. The Morgan fingerprint density at radius 2 is 1.94 bits per heavy atom. The van der Waals surface area contributed by atoms with E-state index in [1.165, 1.54) is 14.8 Å². The van der Waals surface area contributed by atoms with Crippen molar-refractivity contribution in [1.82, 2.24) is 14.9 Å². The Hall–Kier alpha value is -0.880. The number of hydrogen-bond donors (Lipinski definition) is 1. The first kappa shape index (κ1) is 12.6. The molecule has 0 amide bonds. The number of halogens is 1. The molecule has 2 aromatic rings. The molecule has 1 aromatic heterocycles. The number of imidazole rings is 1. The van der Waals surface area contributed by atoms with Crippen molar-refractivity contribution in [3.63, 3.8) is 0 Å². The zero-order valence-electron chi connectivity index (χ0n) is 10.2. The van der Waals surface area contributed by atoms with Gasteiger partial charge in [-0.25, -0.2) is 4.98 Å². The summed E-state index contributed by atoms with van der Waals surface area (Å²) in [5, 5.41) is 3.34. The van der Waals surface area contributed by atoms with E-state index in [9.17, 15) is 0 Å². The number of aryl methyl sites for hydroxylation is 1. The highest BCUT2D eigenvalue weighted by Gasteiger charge is 2.16. The Morgan fingerprint density at radius 3 is 2.41 bits per heavy atom. The molecule has 0 radical (unpaired) electrons. The molecule has 0 aliphatic carbocycles. The van der Waals surface area contributed by atoms with E-state index >= 15 is 0 Å². The maximum atomic E-state index is 4.35. The van der Waals surface area contributed by atoms with Crippen molar-refractivity contribution in [1.29, 1.82) is 0 Å². The molecule has 0 fully saturated rings. The van der Waals surface area contributed by atoms with Gasteiger partial charge in [-0.05, 0) is 54.3 Å². The summed E-state index contributed by atoms with van der Waals surface area (Å²) in [6, 6.07) is 8.77. The van der Waals surface area contributed by atoms with Gasteiger partial charge in [0.1, 0.15) is 5.82 Å². The summed E-state index contributed by atoms with van der Waals surface area (Å²) < 4.78 is 3.38. The Labute approximate surface area is 115 Å². The number of aromatic nitrogens is 2. The highest BCUT2D eigenvalue weighted by atomic mass is 127. The SMILES string of the molecule is CNC(c1ccc(I)cc1)c1cnc(C)n1C. The molecular weight excluding hydrogens is 325 g/mol. The molecule has 1 atom stereocenters. The summed E-state index contributed by atoms with van der Waals surface area (Å²) in [6.45, 7) is 2.02. The first-order valence-corrected chi connectivity index (χ1v) is 6.62. The minimum absolute atomic E-state index is 0.193. The quantitative estimate of drug-likeness (QED) is 0.870. The fourth-order valence-electron chi connectivity index (χ4n) is 1.93. The van der Waals surface area contributed by atoms with E-state index < -0.39 is 0 Å². The van der Waals surface area contributed by atoms with Crippen LogP contribution in [0, 0.1) is 10.5 Å². The lowest BCUT2D eigenvalue weighted by molar-refractivity contribution is 0.632. The zero-order chi connectivity index (χ0) is 12.4. The second-order valence-corrected chi connectivity index (χ2v) is 5.31. The fraction of sp³-hybridized carbons (Fsp3) is 0.308. The third-order valence-electron chi connectivity index (χ3n) is 3.04. The van der Waals surface area contributed by atoms with Crippen molar-refractivity contribution in [2.75, 3.05) is 7.05 Å². The van der Waals surface area contributed by atoms with E-state index in [2.05, 4.69) is 68.8 Å². The fourth-order valence-corrected chi connectivity index (χ4v) is 2.29. The van der Waals surface area contributed by atoms with E-state index in [0.717, 1.165) is 5.82 Å². The van der Waals surface area contributed by atoms with Crippen LogP contribution in [0.4, 0.5) is 0 Å². The van der Waals surface area contributed by atoms with Crippen LogP contribution in [0.2, 0.25) is 0 Å². The Kier molecular flexibility index (Phi) is 3.83. The minimum atomic E-state index is 0.193. The van der Waals surface area contributed by atoms with E-state index in [1.54, 1.807) is 0 Å². The highest BCUT2D eigenvalue weighted by molar-refractivity contribution is 14.1. The molecule has 4 heteroatoms. The number of nitrogens with one attached hydrogen (secondary N) is 1. The molecule has 1 heterocycles. The Morgan fingerprint density at radius 1 is 1.29 bits per heavy atom. The van der Waals surface area contributed by atoms with E-state index in [-0.39, 0.29) is 6.04 Å². The van der Waals surface area contributed by atoms with Crippen LogP contribution in [0.5, 0.6) is 0 Å². The lowest BCUT2D eigenvalue weighted by Crippen LogP contribution is -2.20. The summed E-state index contributed by atoms with van der Waals surface area (Å²) in [5.74, 6) is 1.03. The molecule has 1 N–H and O–H groups in total. The van der Waals surface area contributed by atoms with Gasteiger partial charge in [0.05, 0.1) is 17.9 Å². The largest absolute Gasteiger partial charge is 0.334 e. The summed E-state index contributed by atoms with van der Waals surface area (Å²) in [4.78, 5) is 4.35. The first-order chi connectivity index (χ1) is 8.13. The number of rotatable bonds is 3. The predicted molar refractivity (Wildman–Crippen MR) is 78.0 cm³/mol. The lowest BCUT2D eigenvalue weighted by Gasteiger charge is -2.17. The van der Waals surface area contributed by atoms with Gasteiger partial charge in [-0.3, -0.25) is 0 Å². The van der Waals surface area contributed by atoms with Gasteiger partial charge in [0, 0.05) is 10.6 Å². The molecular formula is C13H16IN3. The van der Waals surface area contributed by atoms with Gasteiger partial charge in [0.25, 0.3) is 0 Å². The van der Waals surface area contributed by atoms with Gasteiger partial charge in [-0.1, -0.05) is 12.1 Å². The molecule has 0 saturated heterocycles. The molecule has 1 unspecified atom stereocenters. The molecule has 90 valence electrons. The number of hydrogen-bond acceptors (Lipinski definition) is 2. The molecule has 2 rings (SSSR count). The summed E-state index contributed by atoms with van der Waals surface area (Å²) in [6.07, 6.45) is 1.94. The van der Waals surface area contributed by atoms with Gasteiger partial charge in [0.2, 0.25) is 0 Å². The lowest BCUT2D eigenvalue weighted by atomic mass is 10.0. The molecule has 0 saturated carbocycles. The van der Waals surface area contributed by atoms with Crippen LogP contribution in [0.1, 0.15) is 23.1 Å². The standard InChI is InChI=1S/C13H16IN3/c1-9-16-8-12(17(9)3)13(15-2)10-4-6-11(14)7-5-10/h4-8,13,15H,1-3H3. The van der Waals surface area contributed by atoms with Crippen molar-refractivity contribution < 1.29 is 0 Å². The van der Waals surface area contributed by atoms with Crippen LogP contribution in [0.3, 0.4) is 0 Å². The third kappa shape index (κ3) is 2.52. The molecule has 0 bridgehead atoms. The van der Waals surface area contributed by atoms with Crippen molar-refractivity contribution >= 4 is 22.6 Å². The van der Waals surface area contributed by atoms with Crippen molar-refractivity contribution in [3.05, 3.63) is 51.1 Å². The second-order valence-electron chi connectivity index (χ2n) is 4.06. The summed E-state index contributed by atoms with van der Waals surface area (Å²) in [7, 11) is 4.03. The van der Waals surface area contributed by atoms with Crippen LogP contribution < -0.4 is 5.32 Å². The van der Waals surface area contributed by atoms with Crippen LogP contribution in [-0.4, -0.2) is 16.6 Å². The van der Waals surface area contributed by atoms with Crippen molar-refractivity contribution in [2.45, 2.75) is 13.0 Å². The van der Waals surface area contributed by atoms with E-state index in [0.29, 0.717) is 0 Å². The van der Waals surface area contributed by atoms with Gasteiger partial charge < -0.3 is 9.88 Å². The third-order valence-corrected chi connectivity index (χ3v) is 3.76. The first-order valence-electron chi connectivity index (χ1n) is 5.54. The Balaban J connectivity index is 2.40. The van der Waals surface area contributed by atoms with Crippen LogP contribution in [0.15, 0.2) is 30.5 Å². The second kappa shape index (κ2) is 5.18. The van der Waals surface area contributed by atoms with E-state index in [1.807, 2.05) is 20.2 Å². The topological polar surface area (TPSA) is 29.9 Å². The molecule has 0 spiro atoms. The van der Waals surface area contributed by atoms with Crippen LogP contribution >= 0.6 is 22.6 Å². The van der Waals surface area contributed by atoms with Crippen LogP contribution in [-0.2, 0) is 7.05 Å². The minimum Gasteiger partial charge on any atom is -0.334 e. The summed E-state index contributed by atoms with van der Waals surface area (Å²) in [5.41, 5.74) is 2.45. The molecule has 0 aliphatic heterocycles. The van der Waals surface area contributed by atoms with Crippen LogP contribution in [0.25, 0.3) is 0 Å². The maximum absolute atomic E-state index is 4.35. The predicted octanol–water partition coefficient (Wildman–Crippen LogP) is 2.64. The summed E-state index contributed by atoms with van der Waals surface area (Å²) >= 11 is 2.32. The van der Waals surface area contributed by atoms with Crippen molar-refractivity contribution in [3.8, 4) is 0 Å². The monoisotopic (exact) mass is 341 g/mol. The smallest absolute Gasteiger partial charge is 0.105 e. The van der Waals surface area contributed by atoms with E-state index in [4.69, 9.17) is 0 Å². The van der Waals surface area contributed by atoms with Gasteiger partial charge in [0.15, 0.2) is 0 Å². The Bertz CT molecular complexity index is 502. The zero-order valence-corrected chi connectivity index (χ0v) is 12.4. The van der Waals surface area contributed by atoms with Gasteiger partial charge >= 0.3 is 0 Å². The maximum Gasteiger partial charge on any atom is 0.105 e.